The van der Waals surface area contributed by atoms with Crippen LogP contribution < -0.4 is 10.2 Å². The van der Waals surface area contributed by atoms with E-state index in [1.54, 1.807) is 18.2 Å². The summed E-state index contributed by atoms with van der Waals surface area (Å²) in [5.74, 6) is 0.782. The van der Waals surface area contributed by atoms with Crippen LogP contribution in [0.3, 0.4) is 0 Å². The summed E-state index contributed by atoms with van der Waals surface area (Å²) in [5, 5.41) is 7.78. The third-order valence-corrected chi connectivity index (χ3v) is 6.65. The van der Waals surface area contributed by atoms with Crippen molar-refractivity contribution >= 4 is 17.3 Å². The van der Waals surface area contributed by atoms with Crippen LogP contribution >= 0.6 is 0 Å². The van der Waals surface area contributed by atoms with Crippen molar-refractivity contribution in [3.05, 3.63) is 60.2 Å². The van der Waals surface area contributed by atoms with Gasteiger partial charge in [-0.05, 0) is 54.7 Å². The van der Waals surface area contributed by atoms with Gasteiger partial charge < -0.3 is 15.0 Å². The quantitative estimate of drug-likeness (QED) is 0.640. The lowest BCUT2D eigenvalue weighted by Crippen LogP contribution is -2.56. The second kappa shape index (κ2) is 8.18. The maximum absolute atomic E-state index is 14.1. The van der Waals surface area contributed by atoms with Gasteiger partial charge in [-0.25, -0.2) is 9.07 Å². The average molecular weight is 435 g/mol. The molecule has 7 nitrogen and oxygen atoms in total. The number of nitrogens with one attached hydrogen (secondary N) is 1. The van der Waals surface area contributed by atoms with E-state index in [0.29, 0.717) is 23.6 Å². The van der Waals surface area contributed by atoms with Crippen molar-refractivity contribution in [2.45, 2.75) is 24.8 Å². The Kier molecular flexibility index (Phi) is 5.04. The Labute approximate surface area is 186 Å². The molecule has 2 saturated heterocycles. The third-order valence-electron chi connectivity index (χ3n) is 6.65. The maximum Gasteiger partial charge on any atom is 0.246 e. The van der Waals surface area contributed by atoms with Crippen molar-refractivity contribution in [2.24, 2.45) is 0 Å². The van der Waals surface area contributed by atoms with Crippen molar-refractivity contribution in [3.8, 4) is 5.69 Å². The van der Waals surface area contributed by atoms with Crippen molar-refractivity contribution in [3.63, 3.8) is 0 Å². The summed E-state index contributed by atoms with van der Waals surface area (Å²) in [4.78, 5) is 9.36. The zero-order valence-corrected chi connectivity index (χ0v) is 18.0. The lowest BCUT2D eigenvalue weighted by atomic mass is 10.1. The number of anilines is 3. The molecule has 3 aromatic rings. The van der Waals surface area contributed by atoms with E-state index in [2.05, 4.69) is 43.4 Å². The Morgan fingerprint density at radius 1 is 1.00 bits per heavy atom. The average Bonchev–Trinajstić information content (AvgIpc) is 3.53. The monoisotopic (exact) mass is 434 g/mol. The summed E-state index contributed by atoms with van der Waals surface area (Å²) in [6.45, 7) is 5.92. The molecule has 2 aromatic carbocycles. The molecule has 0 bridgehead atoms. The number of aromatic nitrogens is 3. The molecule has 166 valence electrons. The third kappa shape index (κ3) is 3.96. The summed E-state index contributed by atoms with van der Waals surface area (Å²) in [6, 6.07) is 13.9. The Morgan fingerprint density at radius 3 is 2.53 bits per heavy atom. The van der Waals surface area contributed by atoms with Gasteiger partial charge in [0.1, 0.15) is 17.8 Å². The molecule has 3 aliphatic rings. The van der Waals surface area contributed by atoms with Crippen molar-refractivity contribution < 1.29 is 9.13 Å². The van der Waals surface area contributed by atoms with E-state index in [-0.39, 0.29) is 5.82 Å². The fourth-order valence-corrected chi connectivity index (χ4v) is 4.52. The first kappa shape index (κ1) is 19.7. The zero-order valence-electron chi connectivity index (χ0n) is 18.0. The number of piperazine rings is 1. The molecule has 6 rings (SSSR count). The number of halogens is 1. The Bertz CT molecular complexity index is 1100. The first-order valence-electron chi connectivity index (χ1n) is 11.4. The summed E-state index contributed by atoms with van der Waals surface area (Å²) in [5.41, 5.74) is 3.98. The van der Waals surface area contributed by atoms with Crippen LogP contribution in [0, 0.1) is 5.82 Å². The number of benzene rings is 2. The fraction of sp³-hybridized carbons (Fsp3) is 0.417. The summed E-state index contributed by atoms with van der Waals surface area (Å²) in [6.07, 6.45) is 4.03. The second-order valence-electron chi connectivity index (χ2n) is 8.89. The second-order valence-corrected chi connectivity index (χ2v) is 8.89. The Morgan fingerprint density at radius 2 is 1.81 bits per heavy atom. The molecule has 32 heavy (non-hydrogen) atoms. The molecule has 1 aromatic heterocycles. The van der Waals surface area contributed by atoms with Crippen molar-refractivity contribution in [2.75, 3.05) is 49.6 Å². The minimum atomic E-state index is -0.324. The van der Waals surface area contributed by atoms with Crippen LogP contribution in [0.25, 0.3) is 5.69 Å². The molecule has 8 heteroatoms. The van der Waals surface area contributed by atoms with Gasteiger partial charge >= 0.3 is 0 Å². The predicted molar refractivity (Wildman–Crippen MR) is 121 cm³/mol. The maximum atomic E-state index is 14.1. The van der Waals surface area contributed by atoms with Gasteiger partial charge in [0, 0.05) is 37.6 Å². The van der Waals surface area contributed by atoms with E-state index < -0.39 is 0 Å². The minimum Gasteiger partial charge on any atom is -0.378 e. The van der Waals surface area contributed by atoms with Gasteiger partial charge in [0.05, 0.1) is 19.3 Å². The molecule has 0 atom stereocenters. The van der Waals surface area contributed by atoms with Crippen LogP contribution in [0.4, 0.5) is 21.7 Å². The van der Waals surface area contributed by atoms with E-state index in [9.17, 15) is 4.39 Å². The van der Waals surface area contributed by atoms with E-state index in [1.165, 1.54) is 41.2 Å². The Balaban J connectivity index is 1.21. The lowest BCUT2D eigenvalue weighted by molar-refractivity contribution is -0.0660. The first-order chi connectivity index (χ1) is 15.7. The van der Waals surface area contributed by atoms with Crippen molar-refractivity contribution in [1.82, 2.24) is 19.7 Å². The minimum absolute atomic E-state index is 0.324. The Hall–Kier alpha value is -2.97. The number of para-hydroxylation sites is 1. The SMILES string of the molecule is Fc1ccccc1-n1cnc(Nc2cc(C3CC3)cc(N3CCN(C4COC4)CC3)c2)n1. The van der Waals surface area contributed by atoms with Gasteiger partial charge in [-0.15, -0.1) is 5.10 Å². The van der Waals surface area contributed by atoms with E-state index >= 15 is 0 Å². The zero-order chi connectivity index (χ0) is 21.5. The lowest BCUT2D eigenvalue weighted by Gasteiger charge is -2.43. The number of hydrogen-bond donors (Lipinski definition) is 1. The molecule has 1 saturated carbocycles. The molecule has 0 unspecified atom stereocenters. The van der Waals surface area contributed by atoms with E-state index in [4.69, 9.17) is 4.74 Å². The highest BCUT2D eigenvalue weighted by atomic mass is 19.1. The van der Waals surface area contributed by atoms with Crippen LogP contribution in [0.5, 0.6) is 0 Å². The van der Waals surface area contributed by atoms with Gasteiger partial charge in [0.25, 0.3) is 0 Å². The number of hydrogen-bond acceptors (Lipinski definition) is 6. The van der Waals surface area contributed by atoms with Crippen LogP contribution in [0.2, 0.25) is 0 Å². The molecule has 0 radical (unpaired) electrons. The summed E-state index contributed by atoms with van der Waals surface area (Å²) >= 11 is 0. The fourth-order valence-electron chi connectivity index (χ4n) is 4.52. The molecule has 3 heterocycles. The molecule has 3 fully saturated rings. The van der Waals surface area contributed by atoms with Crippen molar-refractivity contribution in [1.29, 1.82) is 0 Å². The topological polar surface area (TPSA) is 58.5 Å². The highest BCUT2D eigenvalue weighted by molar-refractivity contribution is 5.65. The number of ether oxygens (including phenoxy) is 1. The standard InChI is InChI=1S/C24H27FN6O/c25-22-3-1-2-4-23(22)31-16-26-24(28-31)27-19-11-18(17-5-6-17)12-20(13-19)29-7-9-30(10-8-29)21-14-32-15-21/h1-4,11-13,16-17,21H,5-10,14-15H2,(H,27,28). The first-order valence-corrected chi connectivity index (χ1v) is 11.4. The van der Waals surface area contributed by atoms with Gasteiger partial charge in [0.15, 0.2) is 0 Å². The van der Waals surface area contributed by atoms with Gasteiger partial charge in [-0.2, -0.15) is 4.98 Å². The van der Waals surface area contributed by atoms with Crippen LogP contribution in [-0.4, -0.2) is 65.1 Å². The molecular weight excluding hydrogens is 407 g/mol. The van der Waals surface area contributed by atoms with Gasteiger partial charge in [-0.1, -0.05) is 12.1 Å². The van der Waals surface area contributed by atoms with Crippen LogP contribution in [0.1, 0.15) is 24.3 Å². The number of rotatable bonds is 6. The molecule has 0 spiro atoms. The number of nitrogens with zero attached hydrogens (tertiary/aromatic N) is 5. The van der Waals surface area contributed by atoms with Crippen LogP contribution in [-0.2, 0) is 4.74 Å². The van der Waals surface area contributed by atoms with Gasteiger partial charge in [0.2, 0.25) is 5.95 Å². The molecule has 1 N–H and O–H groups in total. The predicted octanol–water partition coefficient (Wildman–Crippen LogP) is 3.55. The van der Waals surface area contributed by atoms with Crippen LogP contribution in [0.15, 0.2) is 48.8 Å². The molecule has 1 aliphatic carbocycles. The normalized spacial score (nSPS) is 19.7. The summed E-state index contributed by atoms with van der Waals surface area (Å²) in [7, 11) is 0. The van der Waals surface area contributed by atoms with E-state index in [0.717, 1.165) is 45.1 Å². The highest BCUT2D eigenvalue weighted by Gasteiger charge is 2.30. The largest absolute Gasteiger partial charge is 0.378 e. The molecular formula is C24H27FN6O. The molecule has 2 aliphatic heterocycles. The smallest absolute Gasteiger partial charge is 0.246 e. The van der Waals surface area contributed by atoms with Gasteiger partial charge in [-0.3, -0.25) is 4.90 Å². The molecule has 0 amide bonds. The summed E-state index contributed by atoms with van der Waals surface area (Å²) < 4.78 is 20.9. The highest BCUT2D eigenvalue weighted by Crippen LogP contribution is 2.42. The van der Waals surface area contributed by atoms with E-state index in [1.807, 2.05) is 0 Å².